The molecule has 2 aliphatic heterocycles. The molecule has 0 bridgehead atoms. The first-order chi connectivity index (χ1) is 11.1. The van der Waals surface area contributed by atoms with Gasteiger partial charge in [-0.25, -0.2) is 4.79 Å². The lowest BCUT2D eigenvalue weighted by Crippen LogP contribution is -2.41. The Hall–Kier alpha value is -2.24. The van der Waals surface area contributed by atoms with Crippen LogP contribution in [0.4, 0.5) is 0 Å². The van der Waals surface area contributed by atoms with E-state index in [9.17, 15) is 14.7 Å². The van der Waals surface area contributed by atoms with Gasteiger partial charge in [-0.1, -0.05) is 6.07 Å². The zero-order valence-corrected chi connectivity index (χ0v) is 12.7. The summed E-state index contributed by atoms with van der Waals surface area (Å²) in [6.07, 6.45) is 2.11. The fourth-order valence-electron chi connectivity index (χ4n) is 3.63. The van der Waals surface area contributed by atoms with Gasteiger partial charge in [0.1, 0.15) is 19.3 Å². The van der Waals surface area contributed by atoms with Crippen LogP contribution >= 0.6 is 0 Å². The normalized spacial score (nSPS) is 28.5. The maximum Gasteiger partial charge on any atom is 0.326 e. The van der Waals surface area contributed by atoms with Crippen molar-refractivity contribution in [2.75, 3.05) is 19.8 Å². The van der Waals surface area contributed by atoms with Crippen molar-refractivity contribution in [1.29, 1.82) is 0 Å². The Balaban J connectivity index is 1.47. The van der Waals surface area contributed by atoms with E-state index in [1.165, 1.54) is 0 Å². The molecule has 1 N–H and O–H groups in total. The van der Waals surface area contributed by atoms with Crippen LogP contribution in [0.1, 0.15) is 30.7 Å². The van der Waals surface area contributed by atoms with Gasteiger partial charge in [0, 0.05) is 12.5 Å². The second-order valence-electron chi connectivity index (χ2n) is 6.38. The average molecular weight is 317 g/mol. The quantitative estimate of drug-likeness (QED) is 0.917. The fourth-order valence-corrected chi connectivity index (χ4v) is 3.63. The van der Waals surface area contributed by atoms with Crippen LogP contribution in [0, 0.1) is 5.92 Å². The molecule has 1 amide bonds. The predicted octanol–water partition coefficient (Wildman–Crippen LogP) is 1.64. The number of carboxylic acids is 1. The smallest absolute Gasteiger partial charge is 0.326 e. The Kier molecular flexibility index (Phi) is 3.39. The van der Waals surface area contributed by atoms with Gasteiger partial charge >= 0.3 is 5.97 Å². The molecule has 122 valence electrons. The van der Waals surface area contributed by atoms with E-state index in [1.807, 2.05) is 18.2 Å². The van der Waals surface area contributed by atoms with Crippen molar-refractivity contribution in [3.8, 4) is 11.5 Å². The molecule has 0 aromatic heterocycles. The van der Waals surface area contributed by atoms with Crippen LogP contribution in [0.15, 0.2) is 18.2 Å². The predicted molar refractivity (Wildman–Crippen MR) is 80.7 cm³/mol. The topological polar surface area (TPSA) is 76.1 Å². The first-order valence-corrected chi connectivity index (χ1v) is 8.08. The molecule has 23 heavy (non-hydrogen) atoms. The lowest BCUT2D eigenvalue weighted by Gasteiger charge is -2.22. The molecule has 0 radical (unpaired) electrons. The second kappa shape index (κ2) is 5.44. The molecule has 2 unspecified atom stereocenters. The third-order valence-electron chi connectivity index (χ3n) is 4.92. The number of carbonyl (C=O) groups excluding carboxylic acids is 1. The molecular formula is C17H19NO5. The summed E-state index contributed by atoms with van der Waals surface area (Å²) in [5.41, 5.74) is 1.07. The van der Waals surface area contributed by atoms with Crippen LogP contribution in [0.2, 0.25) is 0 Å². The highest BCUT2D eigenvalue weighted by molar-refractivity contribution is 5.88. The van der Waals surface area contributed by atoms with Gasteiger partial charge < -0.3 is 19.5 Å². The third kappa shape index (κ3) is 2.52. The Labute approximate surface area is 134 Å². The summed E-state index contributed by atoms with van der Waals surface area (Å²) in [5, 5.41) is 9.23. The molecule has 2 heterocycles. The molecule has 3 atom stereocenters. The maximum atomic E-state index is 12.6. The number of fused-ring (bicyclic) bond motifs is 1. The van der Waals surface area contributed by atoms with Crippen molar-refractivity contribution in [3.63, 3.8) is 0 Å². The summed E-state index contributed by atoms with van der Waals surface area (Å²) in [5.74, 6) is 0.624. The van der Waals surface area contributed by atoms with Gasteiger partial charge in [-0.3, -0.25) is 4.79 Å². The van der Waals surface area contributed by atoms with Crippen molar-refractivity contribution >= 4 is 11.9 Å². The number of amides is 1. The van der Waals surface area contributed by atoms with Crippen LogP contribution in [0.3, 0.4) is 0 Å². The minimum atomic E-state index is -0.896. The number of hydrogen-bond acceptors (Lipinski definition) is 4. The van der Waals surface area contributed by atoms with Crippen molar-refractivity contribution in [3.05, 3.63) is 23.8 Å². The standard InChI is InChI=1S/C17H19NO5/c19-16(18-5-1-2-13(18)17(20)21)12-9-11(12)10-3-4-14-15(8-10)23-7-6-22-14/h3-4,8,11-13H,1-2,5-7,9H2,(H,20,21)/t11?,12?,13-/m1/s1. The van der Waals surface area contributed by atoms with E-state index in [2.05, 4.69) is 0 Å². The number of rotatable bonds is 3. The summed E-state index contributed by atoms with van der Waals surface area (Å²) in [4.78, 5) is 25.4. The van der Waals surface area contributed by atoms with E-state index in [0.717, 1.165) is 29.9 Å². The van der Waals surface area contributed by atoms with E-state index < -0.39 is 12.0 Å². The molecule has 1 aliphatic carbocycles. The van der Waals surface area contributed by atoms with E-state index in [0.29, 0.717) is 26.2 Å². The highest BCUT2D eigenvalue weighted by Gasteiger charge is 2.48. The maximum absolute atomic E-state index is 12.6. The number of carbonyl (C=O) groups is 2. The minimum absolute atomic E-state index is 0.0187. The summed E-state index contributed by atoms with van der Waals surface area (Å²) in [7, 11) is 0. The molecule has 1 saturated heterocycles. The van der Waals surface area contributed by atoms with Gasteiger partial charge in [-0.05, 0) is 42.9 Å². The molecular weight excluding hydrogens is 298 g/mol. The Morgan fingerprint density at radius 2 is 1.96 bits per heavy atom. The number of ether oxygens (including phenoxy) is 2. The summed E-state index contributed by atoms with van der Waals surface area (Å²) in [6.45, 7) is 1.65. The van der Waals surface area contributed by atoms with Gasteiger partial charge in [0.25, 0.3) is 0 Å². The third-order valence-corrected chi connectivity index (χ3v) is 4.92. The van der Waals surface area contributed by atoms with Crippen LogP contribution in [0.5, 0.6) is 11.5 Å². The van der Waals surface area contributed by atoms with Gasteiger partial charge in [0.15, 0.2) is 11.5 Å². The van der Waals surface area contributed by atoms with Crippen molar-refractivity contribution in [1.82, 2.24) is 4.90 Å². The molecule has 1 aromatic carbocycles. The highest BCUT2D eigenvalue weighted by Crippen LogP contribution is 2.50. The first-order valence-electron chi connectivity index (χ1n) is 8.08. The first kappa shape index (κ1) is 14.4. The molecule has 2 fully saturated rings. The molecule has 3 aliphatic rings. The number of likely N-dealkylation sites (tertiary alicyclic amines) is 1. The van der Waals surface area contributed by atoms with Gasteiger partial charge in [-0.15, -0.1) is 0 Å². The number of nitrogens with zero attached hydrogens (tertiary/aromatic N) is 1. The number of aliphatic carboxylic acids is 1. The van der Waals surface area contributed by atoms with Crippen LogP contribution in [-0.4, -0.2) is 47.7 Å². The number of benzene rings is 1. The SMILES string of the molecule is O=C(O)[C@H]1CCCN1C(=O)C1CC1c1ccc2c(c1)OCCO2. The fraction of sp³-hybridized carbons (Fsp3) is 0.529. The monoisotopic (exact) mass is 317 g/mol. The summed E-state index contributed by atoms with van der Waals surface area (Å²) < 4.78 is 11.1. The zero-order valence-electron chi connectivity index (χ0n) is 12.7. The van der Waals surface area contributed by atoms with Crippen molar-refractivity contribution in [2.24, 2.45) is 5.92 Å². The molecule has 0 spiro atoms. The molecule has 1 saturated carbocycles. The van der Waals surface area contributed by atoms with E-state index in [4.69, 9.17) is 9.47 Å². The molecule has 1 aromatic rings. The second-order valence-corrected chi connectivity index (χ2v) is 6.38. The Morgan fingerprint density at radius 3 is 2.74 bits per heavy atom. The largest absolute Gasteiger partial charge is 0.486 e. The average Bonchev–Trinajstić information content (AvgIpc) is 3.21. The highest BCUT2D eigenvalue weighted by atomic mass is 16.6. The Morgan fingerprint density at radius 1 is 1.17 bits per heavy atom. The molecule has 4 rings (SSSR count). The van der Waals surface area contributed by atoms with Crippen molar-refractivity contribution in [2.45, 2.75) is 31.2 Å². The zero-order chi connectivity index (χ0) is 16.0. The van der Waals surface area contributed by atoms with Gasteiger partial charge in [0.05, 0.1) is 0 Å². The molecule has 6 heteroatoms. The van der Waals surface area contributed by atoms with Gasteiger partial charge in [0.2, 0.25) is 5.91 Å². The number of carboxylic acid groups (broad SMARTS) is 1. The number of hydrogen-bond donors (Lipinski definition) is 1. The minimum Gasteiger partial charge on any atom is -0.486 e. The van der Waals surface area contributed by atoms with E-state index >= 15 is 0 Å². The van der Waals surface area contributed by atoms with E-state index in [-0.39, 0.29) is 17.7 Å². The lowest BCUT2D eigenvalue weighted by atomic mass is 10.1. The van der Waals surface area contributed by atoms with E-state index in [1.54, 1.807) is 4.90 Å². The van der Waals surface area contributed by atoms with Crippen LogP contribution < -0.4 is 9.47 Å². The Bertz CT molecular complexity index is 658. The van der Waals surface area contributed by atoms with Crippen LogP contribution in [0.25, 0.3) is 0 Å². The molecule has 6 nitrogen and oxygen atoms in total. The summed E-state index contributed by atoms with van der Waals surface area (Å²) >= 11 is 0. The van der Waals surface area contributed by atoms with Gasteiger partial charge in [-0.2, -0.15) is 0 Å². The van der Waals surface area contributed by atoms with Crippen molar-refractivity contribution < 1.29 is 24.2 Å². The van der Waals surface area contributed by atoms with Crippen LogP contribution in [-0.2, 0) is 9.59 Å². The lowest BCUT2D eigenvalue weighted by molar-refractivity contribution is -0.148. The summed E-state index contributed by atoms with van der Waals surface area (Å²) in [6, 6.07) is 5.17.